The third-order valence-electron chi connectivity index (χ3n) is 8.08. The number of hydrogen-bond donors (Lipinski definition) is 0. The maximum Gasteiger partial charge on any atom is 0.250 e. The highest BCUT2D eigenvalue weighted by molar-refractivity contribution is 8.01. The molecular formula is C27H38N4O3S. The molecular weight excluding hydrogens is 460 g/mol. The normalized spacial score (nSPS) is 24.7. The zero-order valence-electron chi connectivity index (χ0n) is 20.7. The fraction of sp³-hybridized carbons (Fsp3) is 0.667. The van der Waals surface area contributed by atoms with E-state index >= 15 is 0 Å². The number of likely N-dealkylation sites (tertiary alicyclic amines) is 1. The van der Waals surface area contributed by atoms with E-state index in [9.17, 15) is 14.4 Å². The van der Waals surface area contributed by atoms with Gasteiger partial charge in [-0.2, -0.15) is 0 Å². The highest BCUT2D eigenvalue weighted by Gasteiger charge is 2.41. The van der Waals surface area contributed by atoms with E-state index in [0.29, 0.717) is 19.1 Å². The van der Waals surface area contributed by atoms with Crippen LogP contribution in [-0.2, 0) is 14.4 Å². The number of carbonyl (C=O) groups excluding carboxylic acids is 3. The van der Waals surface area contributed by atoms with E-state index in [1.807, 2.05) is 34.1 Å². The first-order chi connectivity index (χ1) is 17.1. The van der Waals surface area contributed by atoms with Gasteiger partial charge in [-0.25, -0.2) is 0 Å². The van der Waals surface area contributed by atoms with Crippen molar-refractivity contribution >= 4 is 35.2 Å². The molecule has 1 atom stereocenters. The molecule has 3 aliphatic heterocycles. The highest BCUT2D eigenvalue weighted by atomic mass is 32.2. The Balaban J connectivity index is 1.26. The number of benzene rings is 1. The Kier molecular flexibility index (Phi) is 7.97. The zero-order chi connectivity index (χ0) is 24.2. The summed E-state index contributed by atoms with van der Waals surface area (Å²) in [5, 5.41) is -0.807. The molecule has 0 N–H and O–H groups in total. The lowest BCUT2D eigenvalue weighted by atomic mass is 9.94. The molecule has 1 aromatic rings. The van der Waals surface area contributed by atoms with Crippen LogP contribution in [0.5, 0.6) is 0 Å². The molecule has 3 fully saturated rings. The number of thioether (sulfide) groups is 1. The molecule has 5 rings (SSSR count). The van der Waals surface area contributed by atoms with Gasteiger partial charge < -0.3 is 14.7 Å². The molecule has 1 saturated carbocycles. The Morgan fingerprint density at radius 2 is 1.46 bits per heavy atom. The summed E-state index contributed by atoms with van der Waals surface area (Å²) >= 11 is 1.34. The van der Waals surface area contributed by atoms with Crippen LogP contribution in [0.15, 0.2) is 29.2 Å². The topological polar surface area (TPSA) is 64.2 Å². The number of nitrogens with zero attached hydrogens (tertiary/aromatic N) is 4. The van der Waals surface area contributed by atoms with Crippen LogP contribution in [0.4, 0.5) is 5.69 Å². The van der Waals surface area contributed by atoms with E-state index in [-0.39, 0.29) is 24.3 Å². The second-order valence-corrected chi connectivity index (χ2v) is 11.5. The number of carbonyl (C=O) groups is 3. The number of amides is 3. The smallest absolute Gasteiger partial charge is 0.250 e. The van der Waals surface area contributed by atoms with Crippen LogP contribution in [0.3, 0.4) is 0 Å². The van der Waals surface area contributed by atoms with E-state index in [1.165, 1.54) is 43.9 Å². The van der Waals surface area contributed by atoms with Gasteiger partial charge in [0.05, 0.1) is 5.69 Å². The summed E-state index contributed by atoms with van der Waals surface area (Å²) in [4.78, 5) is 49.1. The summed E-state index contributed by atoms with van der Waals surface area (Å²) in [5.41, 5.74) is 0.747. The molecule has 35 heavy (non-hydrogen) atoms. The first-order valence-corrected chi connectivity index (χ1v) is 14.4. The average molecular weight is 499 g/mol. The van der Waals surface area contributed by atoms with Gasteiger partial charge in [-0.05, 0) is 37.8 Å². The number of hydrogen-bond acceptors (Lipinski definition) is 5. The molecule has 2 saturated heterocycles. The third-order valence-corrected chi connectivity index (χ3v) is 9.32. The molecule has 7 nitrogen and oxygen atoms in total. The van der Waals surface area contributed by atoms with Gasteiger partial charge >= 0.3 is 0 Å². The molecule has 3 heterocycles. The Bertz CT molecular complexity index is 919. The van der Waals surface area contributed by atoms with Gasteiger partial charge in [0, 0.05) is 50.2 Å². The monoisotopic (exact) mass is 498 g/mol. The fourth-order valence-corrected chi connectivity index (χ4v) is 7.20. The van der Waals surface area contributed by atoms with Crippen molar-refractivity contribution in [1.29, 1.82) is 0 Å². The van der Waals surface area contributed by atoms with Gasteiger partial charge in [0.25, 0.3) is 5.91 Å². The standard InChI is InChI=1S/C27H38N4O3S/c32-24(29-18-16-28(17-19-29)21-10-4-3-5-11-21)20-31-22-12-6-7-13-23(22)35-25(27(31)34)26(33)30-14-8-1-2-9-15-30/h6-7,12-13,21,25H,1-5,8-11,14-20H2/t25-/m1/s1. The number of fused-ring (bicyclic) bond motifs is 1. The molecule has 8 heteroatoms. The van der Waals surface area contributed by atoms with Gasteiger partial charge in [-0.15, -0.1) is 11.8 Å². The fourth-order valence-electron chi connectivity index (χ4n) is 6.01. The minimum Gasteiger partial charge on any atom is -0.341 e. The number of anilines is 1. The molecule has 0 bridgehead atoms. The van der Waals surface area contributed by atoms with E-state index in [4.69, 9.17) is 0 Å². The summed E-state index contributed by atoms with van der Waals surface area (Å²) in [6.45, 7) is 4.68. The van der Waals surface area contributed by atoms with Crippen molar-refractivity contribution < 1.29 is 14.4 Å². The average Bonchev–Trinajstić information content (AvgIpc) is 3.20. The Morgan fingerprint density at radius 3 is 2.17 bits per heavy atom. The zero-order valence-corrected chi connectivity index (χ0v) is 21.5. The molecule has 0 spiro atoms. The first kappa shape index (κ1) is 24.6. The highest BCUT2D eigenvalue weighted by Crippen LogP contribution is 2.40. The predicted octanol–water partition coefficient (Wildman–Crippen LogP) is 3.37. The first-order valence-electron chi connectivity index (χ1n) is 13.5. The van der Waals surface area contributed by atoms with Crippen LogP contribution >= 0.6 is 11.8 Å². The van der Waals surface area contributed by atoms with Crippen LogP contribution in [0.25, 0.3) is 0 Å². The Labute approximate surface area is 213 Å². The number of para-hydroxylation sites is 1. The van der Waals surface area contributed by atoms with Gasteiger partial charge in [-0.3, -0.25) is 19.3 Å². The molecule has 0 aromatic heterocycles. The van der Waals surface area contributed by atoms with E-state index in [2.05, 4.69) is 4.90 Å². The largest absolute Gasteiger partial charge is 0.341 e. The van der Waals surface area contributed by atoms with Gasteiger partial charge in [-0.1, -0.05) is 44.2 Å². The lowest BCUT2D eigenvalue weighted by Gasteiger charge is -2.41. The van der Waals surface area contributed by atoms with Crippen molar-refractivity contribution in [2.45, 2.75) is 74.0 Å². The Morgan fingerprint density at radius 1 is 0.800 bits per heavy atom. The minimum absolute atomic E-state index is 0.00359. The summed E-state index contributed by atoms with van der Waals surface area (Å²) < 4.78 is 0. The third kappa shape index (κ3) is 5.53. The van der Waals surface area contributed by atoms with Crippen molar-refractivity contribution in [1.82, 2.24) is 14.7 Å². The van der Waals surface area contributed by atoms with Crippen molar-refractivity contribution in [2.75, 3.05) is 50.7 Å². The van der Waals surface area contributed by atoms with E-state index < -0.39 is 5.25 Å². The van der Waals surface area contributed by atoms with Crippen LogP contribution in [0.2, 0.25) is 0 Å². The van der Waals surface area contributed by atoms with Gasteiger partial charge in [0.2, 0.25) is 11.8 Å². The lowest BCUT2D eigenvalue weighted by molar-refractivity contribution is -0.137. The minimum atomic E-state index is -0.807. The van der Waals surface area contributed by atoms with Crippen molar-refractivity contribution in [3.8, 4) is 0 Å². The van der Waals surface area contributed by atoms with E-state index in [1.54, 1.807) is 4.90 Å². The summed E-state index contributed by atoms with van der Waals surface area (Å²) in [6, 6.07) is 8.33. The van der Waals surface area contributed by atoms with Crippen molar-refractivity contribution in [3.05, 3.63) is 24.3 Å². The maximum atomic E-state index is 13.6. The summed E-state index contributed by atoms with van der Waals surface area (Å²) in [7, 11) is 0. The Hall–Kier alpha value is -2.06. The van der Waals surface area contributed by atoms with Crippen LogP contribution in [0.1, 0.15) is 57.8 Å². The number of piperazine rings is 1. The second-order valence-electron chi connectivity index (χ2n) is 10.3. The number of rotatable bonds is 4. The lowest BCUT2D eigenvalue weighted by Crippen LogP contribution is -2.56. The van der Waals surface area contributed by atoms with Gasteiger partial charge in [0.1, 0.15) is 6.54 Å². The molecule has 1 aliphatic carbocycles. The van der Waals surface area contributed by atoms with Crippen LogP contribution in [-0.4, -0.2) is 89.5 Å². The maximum absolute atomic E-state index is 13.6. The second kappa shape index (κ2) is 11.3. The van der Waals surface area contributed by atoms with Crippen molar-refractivity contribution in [3.63, 3.8) is 0 Å². The quantitative estimate of drug-likeness (QED) is 0.596. The molecule has 4 aliphatic rings. The molecule has 1 aromatic carbocycles. The SMILES string of the molecule is O=C(CN1C(=O)[C@@H](C(=O)N2CCCCCC2)Sc2ccccc21)N1CCN(C2CCCCC2)CC1. The molecule has 0 radical (unpaired) electrons. The van der Waals surface area contributed by atoms with Gasteiger partial charge in [0.15, 0.2) is 5.25 Å². The molecule has 190 valence electrons. The molecule has 0 unspecified atom stereocenters. The van der Waals surface area contributed by atoms with E-state index in [0.717, 1.165) is 62.4 Å². The van der Waals surface area contributed by atoms with Crippen molar-refractivity contribution in [2.24, 2.45) is 0 Å². The summed E-state index contributed by atoms with van der Waals surface area (Å²) in [6.07, 6.45) is 10.8. The molecule has 3 amide bonds. The summed E-state index contributed by atoms with van der Waals surface area (Å²) in [5.74, 6) is -0.378. The predicted molar refractivity (Wildman–Crippen MR) is 139 cm³/mol. The van der Waals surface area contributed by atoms with Crippen LogP contribution in [0, 0.1) is 0 Å². The van der Waals surface area contributed by atoms with Crippen LogP contribution < -0.4 is 4.90 Å².